The van der Waals surface area contributed by atoms with Gasteiger partial charge in [-0.2, -0.15) is 0 Å². The fraction of sp³-hybridized carbons (Fsp3) is 0.772. The van der Waals surface area contributed by atoms with Crippen LogP contribution in [-0.4, -0.2) is 172 Å². The molecule has 0 aromatic heterocycles. The Morgan fingerprint density at radius 3 is 2.26 bits per heavy atom. The van der Waals surface area contributed by atoms with Crippen LogP contribution in [-0.2, 0) is 61.9 Å². The molecule has 4 rings (SSSR count). The third-order valence-corrected chi connectivity index (χ3v) is 15.6. The number of allylic oxidation sites excluding steroid dienone is 6. The van der Waals surface area contributed by atoms with Gasteiger partial charge in [0.15, 0.2) is 5.78 Å². The van der Waals surface area contributed by atoms with Gasteiger partial charge in [-0.15, -0.1) is 0 Å². The predicted octanol–water partition coefficient (Wildman–Crippen LogP) is 6.23. The molecule has 2 bridgehead atoms. The highest BCUT2D eigenvalue weighted by Gasteiger charge is 2.53. The Kier molecular flexibility index (Phi) is 27.0. The van der Waals surface area contributed by atoms with Crippen LogP contribution in [0.3, 0.4) is 0 Å². The SMILES string of the molecule is COCCOCCO[C@@H]1C[C@@H]2CC[C@@H](C)[C@@](O)(O2)C(=O)C(=O)N2CCCC[C@H]2C(=O)OC([C@H](C)CC2CC[C@@H](OCCO)[C@H](OC)C2)CC(=O)[C@H](C)/C=C(\C)[C@@H](O)[C@@H](OC)C(=O)[C@H](C)C[C@H](C)/C=C/C=C/C=C/1C. The zero-order valence-electron chi connectivity index (χ0n) is 46.1. The van der Waals surface area contributed by atoms with Gasteiger partial charge >= 0.3 is 5.97 Å². The molecule has 4 aliphatic rings. The van der Waals surface area contributed by atoms with Crippen LogP contribution in [0.1, 0.15) is 126 Å². The summed E-state index contributed by atoms with van der Waals surface area (Å²) in [5, 5.41) is 33.1. The Balaban J connectivity index is 1.71. The van der Waals surface area contributed by atoms with Gasteiger partial charge in [0.1, 0.15) is 30.1 Å². The number of esters is 1. The maximum absolute atomic E-state index is 14.6. The number of ketones is 3. The normalized spacial score (nSPS) is 37.0. The summed E-state index contributed by atoms with van der Waals surface area (Å²) in [7, 11) is 4.60. The van der Waals surface area contributed by atoms with Crippen molar-refractivity contribution >= 4 is 29.2 Å². The van der Waals surface area contributed by atoms with Crippen LogP contribution in [0.25, 0.3) is 0 Å². The average molecular weight is 1050 g/mol. The minimum absolute atomic E-state index is 0.00969. The van der Waals surface area contributed by atoms with E-state index in [1.807, 2.05) is 58.1 Å². The van der Waals surface area contributed by atoms with Crippen molar-refractivity contribution in [2.24, 2.45) is 35.5 Å². The summed E-state index contributed by atoms with van der Waals surface area (Å²) in [4.78, 5) is 72.8. The molecule has 1 saturated carbocycles. The van der Waals surface area contributed by atoms with Gasteiger partial charge in [0.05, 0.1) is 64.1 Å². The molecule has 3 N–H and O–H groups in total. The van der Waals surface area contributed by atoms with Gasteiger partial charge in [-0.05, 0) is 107 Å². The predicted molar refractivity (Wildman–Crippen MR) is 278 cm³/mol. The Morgan fingerprint density at radius 2 is 1.55 bits per heavy atom. The van der Waals surface area contributed by atoms with E-state index in [1.54, 1.807) is 41.1 Å². The largest absolute Gasteiger partial charge is 0.460 e. The van der Waals surface area contributed by atoms with E-state index in [4.69, 9.17) is 37.9 Å². The quantitative estimate of drug-likeness (QED) is 0.0716. The van der Waals surface area contributed by atoms with E-state index in [0.717, 1.165) is 12.0 Å². The second-order valence-electron chi connectivity index (χ2n) is 21.4. The summed E-state index contributed by atoms with van der Waals surface area (Å²) in [6.45, 7) is 14.2. The van der Waals surface area contributed by atoms with Gasteiger partial charge < -0.3 is 58.1 Å². The topological polar surface area (TPSA) is 223 Å². The monoisotopic (exact) mass is 1050 g/mol. The number of carbonyl (C=O) groups is 5. The van der Waals surface area contributed by atoms with E-state index in [0.29, 0.717) is 76.8 Å². The number of hydrogen-bond acceptors (Lipinski definition) is 16. The van der Waals surface area contributed by atoms with E-state index in [2.05, 4.69) is 0 Å². The summed E-state index contributed by atoms with van der Waals surface area (Å²) in [5.41, 5.74) is 1.22. The molecule has 3 fully saturated rings. The van der Waals surface area contributed by atoms with Crippen molar-refractivity contribution < 1.29 is 77.2 Å². The lowest BCUT2D eigenvalue weighted by molar-refractivity contribution is -0.266. The van der Waals surface area contributed by atoms with Crippen molar-refractivity contribution in [3.8, 4) is 0 Å². The molecule has 2 unspecified atom stereocenters. The van der Waals surface area contributed by atoms with Crippen LogP contribution in [0.4, 0.5) is 0 Å². The number of rotatable bonds is 15. The van der Waals surface area contributed by atoms with Crippen LogP contribution in [0.2, 0.25) is 0 Å². The summed E-state index contributed by atoms with van der Waals surface area (Å²) in [6.07, 6.45) is 11.5. The standard InChI is InChI=1S/C57H91NO16/c1-36-16-12-11-13-17-37(2)48(72-29-28-70-27-26-67-8)34-44-21-19-42(7)57(66,74-44)54(63)55(64)58-23-15-14-18-45(58)56(65)73-49(39(4)32-43-20-22-47(71-25-24-59)50(33-43)68-9)35-46(60)38(3)31-41(6)52(62)53(69-10)51(61)40(5)30-36/h11-13,16-17,31,36,38-40,42-45,47-50,52-53,59,62,66H,14-15,18-30,32-35H2,1-10H3/b13-11+,16-12+,37-17+,41-31+/t36-,38-,39-,40-,42-,43?,44+,45+,47-,48-,49?,50-,52-,53+,57-/m1/s1. The number of cyclic esters (lactones) is 1. The first-order valence-corrected chi connectivity index (χ1v) is 27.2. The maximum atomic E-state index is 14.6. The highest BCUT2D eigenvalue weighted by Crippen LogP contribution is 2.38. The molecule has 1 aliphatic carbocycles. The fourth-order valence-corrected chi connectivity index (χ4v) is 10.9. The molecule has 0 aromatic rings. The number of fused-ring (bicyclic) bond motifs is 3. The number of nitrogens with zero attached hydrogens (tertiary/aromatic N) is 1. The number of methoxy groups -OCH3 is 3. The molecular formula is C57H91NO16. The number of hydrogen-bond donors (Lipinski definition) is 3. The van der Waals surface area contributed by atoms with Crippen LogP contribution in [0, 0.1) is 35.5 Å². The second kappa shape index (κ2) is 31.7. The zero-order chi connectivity index (χ0) is 54.5. The van der Waals surface area contributed by atoms with Crippen molar-refractivity contribution in [1.82, 2.24) is 4.90 Å². The van der Waals surface area contributed by atoms with E-state index >= 15 is 0 Å². The minimum Gasteiger partial charge on any atom is -0.460 e. The van der Waals surface area contributed by atoms with Gasteiger partial charge in [0, 0.05) is 58.5 Å². The average Bonchev–Trinajstić information content (AvgIpc) is 3.38. The zero-order valence-corrected chi connectivity index (χ0v) is 46.1. The fourth-order valence-electron chi connectivity index (χ4n) is 10.9. The third kappa shape index (κ3) is 18.3. The summed E-state index contributed by atoms with van der Waals surface area (Å²) >= 11 is 0. The molecule has 74 heavy (non-hydrogen) atoms. The first-order valence-electron chi connectivity index (χ1n) is 27.2. The molecule has 1 amide bonds. The summed E-state index contributed by atoms with van der Waals surface area (Å²) in [5.74, 6) is -8.19. The lowest BCUT2D eigenvalue weighted by Gasteiger charge is -2.43. The number of aliphatic hydroxyl groups is 3. The molecule has 0 spiro atoms. The molecule has 17 heteroatoms. The summed E-state index contributed by atoms with van der Waals surface area (Å²) in [6, 6.07) is -1.17. The second-order valence-corrected chi connectivity index (χ2v) is 21.4. The third-order valence-electron chi connectivity index (χ3n) is 15.6. The first kappa shape index (κ1) is 63.0. The van der Waals surface area contributed by atoms with E-state index in [-0.39, 0.29) is 87.2 Å². The summed E-state index contributed by atoms with van der Waals surface area (Å²) < 4.78 is 47.0. The Labute approximate surface area is 440 Å². The number of Topliss-reactive ketones (excluding diaryl/α,β-unsaturated/α-hetero) is 3. The number of piperidine rings is 1. The van der Waals surface area contributed by atoms with Crippen LogP contribution < -0.4 is 0 Å². The minimum atomic E-state index is -2.48. The Hall–Kier alpha value is -3.49. The van der Waals surface area contributed by atoms with Crippen molar-refractivity contribution in [3.05, 3.63) is 47.6 Å². The van der Waals surface area contributed by atoms with Crippen molar-refractivity contribution in [2.45, 2.75) is 180 Å². The number of aliphatic hydroxyl groups excluding tert-OH is 2. The van der Waals surface area contributed by atoms with Crippen molar-refractivity contribution in [3.63, 3.8) is 0 Å². The molecule has 15 atom stereocenters. The molecule has 420 valence electrons. The molecular weight excluding hydrogens is 955 g/mol. The molecule has 3 heterocycles. The van der Waals surface area contributed by atoms with E-state index in [1.165, 1.54) is 12.0 Å². The van der Waals surface area contributed by atoms with Crippen LogP contribution in [0.5, 0.6) is 0 Å². The number of carbonyl (C=O) groups excluding carboxylic acids is 5. The van der Waals surface area contributed by atoms with Crippen LogP contribution in [0.15, 0.2) is 47.6 Å². The molecule has 0 radical (unpaired) electrons. The van der Waals surface area contributed by atoms with Crippen molar-refractivity contribution in [2.75, 3.05) is 67.5 Å². The molecule has 3 aliphatic heterocycles. The van der Waals surface area contributed by atoms with Gasteiger partial charge in [-0.3, -0.25) is 19.2 Å². The first-order chi connectivity index (χ1) is 35.3. The van der Waals surface area contributed by atoms with E-state index in [9.17, 15) is 39.3 Å². The number of ether oxygens (including phenoxy) is 8. The van der Waals surface area contributed by atoms with Crippen LogP contribution >= 0.6 is 0 Å². The van der Waals surface area contributed by atoms with Crippen molar-refractivity contribution in [1.29, 1.82) is 0 Å². The highest BCUT2D eigenvalue weighted by molar-refractivity contribution is 6.39. The van der Waals surface area contributed by atoms with E-state index < -0.39 is 77.8 Å². The van der Waals surface area contributed by atoms with Gasteiger partial charge in [0.25, 0.3) is 11.7 Å². The lowest BCUT2D eigenvalue weighted by Crippen LogP contribution is -2.61. The highest BCUT2D eigenvalue weighted by atomic mass is 16.6. The molecule has 2 saturated heterocycles. The number of amides is 1. The molecule has 0 aromatic carbocycles. The lowest BCUT2D eigenvalue weighted by atomic mass is 9.78. The van der Waals surface area contributed by atoms with Gasteiger partial charge in [-0.1, -0.05) is 71.1 Å². The molecule has 17 nitrogen and oxygen atoms in total. The van der Waals surface area contributed by atoms with Gasteiger partial charge in [-0.25, -0.2) is 4.79 Å². The maximum Gasteiger partial charge on any atom is 0.329 e. The Bertz CT molecular complexity index is 1920. The smallest absolute Gasteiger partial charge is 0.329 e. The Morgan fingerprint density at radius 1 is 0.811 bits per heavy atom. The van der Waals surface area contributed by atoms with Gasteiger partial charge in [0.2, 0.25) is 5.79 Å².